The third-order valence-corrected chi connectivity index (χ3v) is 2.76. The summed E-state index contributed by atoms with van der Waals surface area (Å²) in [6, 6.07) is 0.0575. The predicted molar refractivity (Wildman–Crippen MR) is 66.6 cm³/mol. The van der Waals surface area contributed by atoms with Crippen LogP contribution in [0.2, 0.25) is 0 Å². The number of rotatable bonds is 7. The van der Waals surface area contributed by atoms with Crippen molar-refractivity contribution in [3.05, 3.63) is 0 Å². The number of carboxylic acids is 1. The Balaban J connectivity index is 4.53. The van der Waals surface area contributed by atoms with Gasteiger partial charge in [0.2, 0.25) is 5.91 Å². The number of nitrogens with zero attached hydrogens (tertiary/aromatic N) is 1. The van der Waals surface area contributed by atoms with Crippen LogP contribution in [0.4, 0.5) is 0 Å². The summed E-state index contributed by atoms with van der Waals surface area (Å²) in [4.78, 5) is 24.4. The molecule has 0 aromatic rings. The summed E-state index contributed by atoms with van der Waals surface area (Å²) in [7, 11) is 0. The SMILES string of the molecule is CC(C)N(CCCC(=O)O)C(=O)C(C)(C)CN. The van der Waals surface area contributed by atoms with Crippen molar-refractivity contribution in [1.29, 1.82) is 0 Å². The van der Waals surface area contributed by atoms with Crippen molar-refractivity contribution in [3.8, 4) is 0 Å². The van der Waals surface area contributed by atoms with Gasteiger partial charge in [-0.15, -0.1) is 0 Å². The molecule has 0 radical (unpaired) electrons. The normalized spacial score (nSPS) is 11.6. The maximum absolute atomic E-state index is 12.2. The molecule has 0 bridgehead atoms. The average Bonchev–Trinajstić information content (AvgIpc) is 2.22. The molecule has 17 heavy (non-hydrogen) atoms. The van der Waals surface area contributed by atoms with Gasteiger partial charge in [0.25, 0.3) is 0 Å². The van der Waals surface area contributed by atoms with E-state index in [-0.39, 0.29) is 24.9 Å². The van der Waals surface area contributed by atoms with Crippen molar-refractivity contribution < 1.29 is 14.7 Å². The number of carbonyl (C=O) groups excluding carboxylic acids is 1. The maximum atomic E-state index is 12.2. The first-order valence-corrected chi connectivity index (χ1v) is 5.95. The summed E-state index contributed by atoms with van der Waals surface area (Å²) >= 11 is 0. The molecular weight excluding hydrogens is 220 g/mol. The fraction of sp³-hybridized carbons (Fsp3) is 0.833. The van der Waals surface area contributed by atoms with Crippen LogP contribution >= 0.6 is 0 Å². The first-order chi connectivity index (χ1) is 7.72. The van der Waals surface area contributed by atoms with Gasteiger partial charge in [-0.3, -0.25) is 9.59 Å². The number of aliphatic carboxylic acids is 1. The van der Waals surface area contributed by atoms with Crippen molar-refractivity contribution in [2.75, 3.05) is 13.1 Å². The first-order valence-electron chi connectivity index (χ1n) is 5.95. The number of nitrogens with two attached hydrogens (primary N) is 1. The Bertz CT molecular complexity index is 275. The molecule has 0 aliphatic carbocycles. The number of hydrogen-bond donors (Lipinski definition) is 2. The Kier molecular flexibility index (Phi) is 6.16. The molecule has 0 unspecified atom stereocenters. The Morgan fingerprint density at radius 1 is 1.35 bits per heavy atom. The number of amides is 1. The first kappa shape index (κ1) is 15.9. The molecule has 0 aliphatic rings. The quantitative estimate of drug-likeness (QED) is 0.701. The lowest BCUT2D eigenvalue weighted by molar-refractivity contribution is -0.143. The van der Waals surface area contributed by atoms with E-state index in [1.165, 1.54) is 0 Å². The minimum Gasteiger partial charge on any atom is -0.481 e. The molecule has 0 fully saturated rings. The summed E-state index contributed by atoms with van der Waals surface area (Å²) in [5.74, 6) is -0.848. The summed E-state index contributed by atoms with van der Waals surface area (Å²) in [5, 5.41) is 8.59. The lowest BCUT2D eigenvalue weighted by Crippen LogP contribution is -2.48. The van der Waals surface area contributed by atoms with Gasteiger partial charge in [-0.05, 0) is 34.1 Å². The zero-order valence-electron chi connectivity index (χ0n) is 11.2. The molecule has 0 aromatic carbocycles. The highest BCUT2D eigenvalue weighted by atomic mass is 16.4. The number of hydrogen-bond acceptors (Lipinski definition) is 3. The van der Waals surface area contributed by atoms with Crippen LogP contribution in [-0.4, -0.2) is 41.0 Å². The zero-order valence-corrected chi connectivity index (χ0v) is 11.2. The van der Waals surface area contributed by atoms with E-state index in [9.17, 15) is 9.59 Å². The molecule has 0 atom stereocenters. The van der Waals surface area contributed by atoms with Crippen LogP contribution in [0.15, 0.2) is 0 Å². The minimum atomic E-state index is -0.834. The van der Waals surface area contributed by atoms with E-state index in [1.54, 1.807) is 4.90 Å². The Morgan fingerprint density at radius 3 is 2.24 bits per heavy atom. The second kappa shape index (κ2) is 6.59. The molecule has 1 amide bonds. The van der Waals surface area contributed by atoms with E-state index in [0.717, 1.165) is 0 Å². The largest absolute Gasteiger partial charge is 0.481 e. The Hall–Kier alpha value is -1.10. The second-order valence-corrected chi connectivity index (χ2v) is 5.18. The van der Waals surface area contributed by atoms with E-state index in [4.69, 9.17) is 10.8 Å². The third kappa shape index (κ3) is 5.17. The van der Waals surface area contributed by atoms with Crippen molar-refractivity contribution in [3.63, 3.8) is 0 Å². The average molecular weight is 244 g/mol. The van der Waals surface area contributed by atoms with Gasteiger partial charge >= 0.3 is 5.97 Å². The van der Waals surface area contributed by atoms with E-state index in [0.29, 0.717) is 13.0 Å². The van der Waals surface area contributed by atoms with Crippen molar-refractivity contribution in [1.82, 2.24) is 4.90 Å². The lowest BCUT2D eigenvalue weighted by atomic mass is 9.91. The van der Waals surface area contributed by atoms with Crippen molar-refractivity contribution in [2.24, 2.45) is 11.1 Å². The van der Waals surface area contributed by atoms with Gasteiger partial charge in [0, 0.05) is 25.6 Å². The van der Waals surface area contributed by atoms with Crippen LogP contribution < -0.4 is 5.73 Å². The van der Waals surface area contributed by atoms with Crippen LogP contribution in [0.1, 0.15) is 40.5 Å². The van der Waals surface area contributed by atoms with Gasteiger partial charge in [-0.25, -0.2) is 0 Å². The Labute approximate surface area is 103 Å². The summed E-state index contributed by atoms with van der Waals surface area (Å²) < 4.78 is 0. The van der Waals surface area contributed by atoms with Crippen LogP contribution in [0.3, 0.4) is 0 Å². The molecule has 3 N–H and O–H groups in total. The number of carboxylic acid groups (broad SMARTS) is 1. The third-order valence-electron chi connectivity index (χ3n) is 2.76. The predicted octanol–water partition coefficient (Wildman–Crippen LogP) is 1.07. The van der Waals surface area contributed by atoms with E-state index in [1.807, 2.05) is 27.7 Å². The molecule has 5 nitrogen and oxygen atoms in total. The van der Waals surface area contributed by atoms with E-state index < -0.39 is 11.4 Å². The summed E-state index contributed by atoms with van der Waals surface area (Å²) in [5.41, 5.74) is 4.99. The lowest BCUT2D eigenvalue weighted by Gasteiger charge is -2.34. The minimum absolute atomic E-state index is 0.0135. The highest BCUT2D eigenvalue weighted by molar-refractivity contribution is 5.82. The van der Waals surface area contributed by atoms with Crippen LogP contribution in [-0.2, 0) is 9.59 Å². The molecular formula is C12H24N2O3. The van der Waals surface area contributed by atoms with E-state index >= 15 is 0 Å². The molecule has 0 spiro atoms. The van der Waals surface area contributed by atoms with Crippen LogP contribution in [0.5, 0.6) is 0 Å². The molecule has 0 aliphatic heterocycles. The zero-order chi connectivity index (χ0) is 13.6. The van der Waals surface area contributed by atoms with Gasteiger partial charge in [0.15, 0.2) is 0 Å². The fourth-order valence-electron chi connectivity index (χ4n) is 1.47. The molecule has 0 saturated carbocycles. The summed E-state index contributed by atoms with van der Waals surface area (Å²) in [6.45, 7) is 8.21. The maximum Gasteiger partial charge on any atom is 0.303 e. The van der Waals surface area contributed by atoms with Crippen LogP contribution in [0.25, 0.3) is 0 Å². The van der Waals surface area contributed by atoms with E-state index in [2.05, 4.69) is 0 Å². The van der Waals surface area contributed by atoms with Crippen molar-refractivity contribution in [2.45, 2.75) is 46.6 Å². The van der Waals surface area contributed by atoms with Gasteiger partial charge in [0.1, 0.15) is 0 Å². The Morgan fingerprint density at radius 2 is 1.88 bits per heavy atom. The molecule has 5 heteroatoms. The van der Waals surface area contributed by atoms with Crippen molar-refractivity contribution >= 4 is 11.9 Å². The highest BCUT2D eigenvalue weighted by Gasteiger charge is 2.31. The molecule has 0 saturated heterocycles. The summed E-state index contributed by atoms with van der Waals surface area (Å²) in [6.07, 6.45) is 0.555. The fourth-order valence-corrected chi connectivity index (χ4v) is 1.47. The van der Waals surface area contributed by atoms with Gasteiger partial charge < -0.3 is 15.7 Å². The number of carbonyl (C=O) groups is 2. The van der Waals surface area contributed by atoms with Gasteiger partial charge in [-0.2, -0.15) is 0 Å². The van der Waals surface area contributed by atoms with Crippen LogP contribution in [0, 0.1) is 5.41 Å². The molecule has 0 heterocycles. The second-order valence-electron chi connectivity index (χ2n) is 5.18. The molecule has 0 aromatic heterocycles. The molecule has 100 valence electrons. The molecule has 0 rings (SSSR count). The van der Waals surface area contributed by atoms with Gasteiger partial charge in [0.05, 0.1) is 5.41 Å². The highest BCUT2D eigenvalue weighted by Crippen LogP contribution is 2.19. The smallest absolute Gasteiger partial charge is 0.303 e. The van der Waals surface area contributed by atoms with Gasteiger partial charge in [-0.1, -0.05) is 0 Å². The standard InChI is InChI=1S/C12H24N2O3/c1-9(2)14(7-5-6-10(15)16)11(17)12(3,4)8-13/h9H,5-8,13H2,1-4H3,(H,15,16). The monoisotopic (exact) mass is 244 g/mol. The topological polar surface area (TPSA) is 83.6 Å².